The van der Waals surface area contributed by atoms with Gasteiger partial charge in [0.15, 0.2) is 0 Å². The molecular weight excluding hydrogens is 231 g/mol. The zero-order valence-electron chi connectivity index (χ0n) is 9.59. The highest BCUT2D eigenvalue weighted by molar-refractivity contribution is 5.31. The van der Waals surface area contributed by atoms with Crippen LogP contribution in [-0.2, 0) is 6.18 Å². The van der Waals surface area contributed by atoms with E-state index in [0.717, 1.165) is 6.07 Å². The summed E-state index contributed by atoms with van der Waals surface area (Å²) in [5.74, 6) is 0. The Hall–Kier alpha value is -1.07. The Morgan fingerprint density at radius 3 is 2.53 bits per heavy atom. The first kappa shape index (κ1) is 14.0. The highest BCUT2D eigenvalue weighted by atomic mass is 19.4. The van der Waals surface area contributed by atoms with Crippen molar-refractivity contribution < 1.29 is 18.3 Å². The second kappa shape index (κ2) is 6.02. The van der Waals surface area contributed by atoms with E-state index in [1.54, 1.807) is 13.0 Å². The lowest BCUT2D eigenvalue weighted by Crippen LogP contribution is -2.23. The van der Waals surface area contributed by atoms with Crippen LogP contribution in [-0.4, -0.2) is 18.3 Å². The summed E-state index contributed by atoms with van der Waals surface area (Å²) in [5.41, 5.74) is -0.373. The first-order valence-electron chi connectivity index (χ1n) is 5.47. The number of aliphatic hydroxyl groups excluding tert-OH is 1. The minimum atomic E-state index is -4.33. The van der Waals surface area contributed by atoms with Crippen molar-refractivity contribution in [2.75, 3.05) is 13.2 Å². The number of nitrogens with one attached hydrogen (secondary N) is 1. The topological polar surface area (TPSA) is 32.3 Å². The molecule has 1 atom stereocenters. The van der Waals surface area contributed by atoms with Gasteiger partial charge in [0.05, 0.1) is 5.56 Å². The number of hydrogen-bond donors (Lipinski definition) is 2. The Labute approximate surface area is 98.5 Å². The maximum atomic E-state index is 12.7. The lowest BCUT2D eigenvalue weighted by molar-refractivity contribution is -0.138. The van der Waals surface area contributed by atoms with Gasteiger partial charge in [0, 0.05) is 12.6 Å². The molecule has 0 aliphatic heterocycles. The van der Waals surface area contributed by atoms with E-state index < -0.39 is 11.7 Å². The second-order valence-electron chi connectivity index (χ2n) is 3.84. The summed E-state index contributed by atoms with van der Waals surface area (Å²) in [4.78, 5) is 0. The molecule has 2 nitrogen and oxygen atoms in total. The van der Waals surface area contributed by atoms with Crippen molar-refractivity contribution in [2.45, 2.75) is 25.6 Å². The predicted octanol–water partition coefficient (Wildman–Crippen LogP) is 2.74. The fourth-order valence-corrected chi connectivity index (χ4v) is 1.64. The summed E-state index contributed by atoms with van der Waals surface area (Å²) >= 11 is 0. The maximum Gasteiger partial charge on any atom is 0.416 e. The molecule has 1 aromatic carbocycles. The minimum absolute atomic E-state index is 0.0284. The zero-order chi connectivity index (χ0) is 12.9. The van der Waals surface area contributed by atoms with Crippen LogP contribution in [0.5, 0.6) is 0 Å². The number of hydrogen-bond acceptors (Lipinski definition) is 2. The van der Waals surface area contributed by atoms with Crippen molar-refractivity contribution in [1.29, 1.82) is 0 Å². The molecule has 0 amide bonds. The highest BCUT2D eigenvalue weighted by Gasteiger charge is 2.33. The van der Waals surface area contributed by atoms with Crippen LogP contribution >= 0.6 is 0 Å². The largest absolute Gasteiger partial charge is 0.416 e. The third-order valence-electron chi connectivity index (χ3n) is 2.52. The Kier molecular flexibility index (Phi) is 4.96. The van der Waals surface area contributed by atoms with E-state index in [1.807, 2.05) is 0 Å². The van der Waals surface area contributed by atoms with Crippen molar-refractivity contribution in [3.63, 3.8) is 0 Å². The van der Waals surface area contributed by atoms with Gasteiger partial charge in [-0.05, 0) is 31.5 Å². The smallest absolute Gasteiger partial charge is 0.396 e. The minimum Gasteiger partial charge on any atom is -0.396 e. The van der Waals surface area contributed by atoms with Crippen LogP contribution < -0.4 is 5.32 Å². The molecule has 0 spiro atoms. The number of aliphatic hydroxyl groups is 1. The van der Waals surface area contributed by atoms with Gasteiger partial charge in [-0.1, -0.05) is 18.2 Å². The van der Waals surface area contributed by atoms with Crippen LogP contribution in [0.3, 0.4) is 0 Å². The molecule has 2 N–H and O–H groups in total. The van der Waals surface area contributed by atoms with E-state index in [1.165, 1.54) is 12.1 Å². The van der Waals surface area contributed by atoms with Gasteiger partial charge in [-0.25, -0.2) is 0 Å². The highest BCUT2D eigenvalue weighted by Crippen LogP contribution is 2.34. The average molecular weight is 247 g/mol. The van der Waals surface area contributed by atoms with Crippen LogP contribution in [0.25, 0.3) is 0 Å². The van der Waals surface area contributed by atoms with E-state index in [0.29, 0.717) is 13.0 Å². The molecule has 5 heteroatoms. The van der Waals surface area contributed by atoms with Gasteiger partial charge in [-0.15, -0.1) is 0 Å². The molecule has 0 aromatic heterocycles. The van der Waals surface area contributed by atoms with Crippen molar-refractivity contribution >= 4 is 0 Å². The van der Waals surface area contributed by atoms with Gasteiger partial charge in [0.1, 0.15) is 0 Å². The Balaban J connectivity index is 2.82. The molecule has 0 aliphatic carbocycles. The van der Waals surface area contributed by atoms with Gasteiger partial charge < -0.3 is 10.4 Å². The predicted molar refractivity (Wildman–Crippen MR) is 59.6 cm³/mol. The molecule has 0 bridgehead atoms. The molecule has 0 radical (unpaired) electrons. The number of alkyl halides is 3. The van der Waals surface area contributed by atoms with Crippen molar-refractivity contribution in [2.24, 2.45) is 0 Å². The molecule has 0 saturated carbocycles. The van der Waals surface area contributed by atoms with E-state index >= 15 is 0 Å². The van der Waals surface area contributed by atoms with Gasteiger partial charge in [-0.3, -0.25) is 0 Å². The van der Waals surface area contributed by atoms with Crippen molar-refractivity contribution in [3.05, 3.63) is 35.4 Å². The second-order valence-corrected chi connectivity index (χ2v) is 3.84. The average Bonchev–Trinajstić information content (AvgIpc) is 2.28. The third-order valence-corrected chi connectivity index (χ3v) is 2.52. The monoisotopic (exact) mass is 247 g/mol. The fourth-order valence-electron chi connectivity index (χ4n) is 1.64. The number of halogens is 3. The molecule has 0 heterocycles. The van der Waals surface area contributed by atoms with Gasteiger partial charge in [0.2, 0.25) is 0 Å². The SMILES string of the molecule is CC(NCCCO)c1ccccc1C(F)(F)F. The number of benzene rings is 1. The molecule has 1 unspecified atom stereocenters. The summed E-state index contributed by atoms with van der Waals surface area (Å²) in [6.07, 6.45) is -3.80. The van der Waals surface area contributed by atoms with Crippen LogP contribution in [0.1, 0.15) is 30.5 Å². The van der Waals surface area contributed by atoms with Crippen LogP contribution in [0.2, 0.25) is 0 Å². The Bertz CT molecular complexity index is 352. The standard InChI is InChI=1S/C12H16F3NO/c1-9(16-7-4-8-17)10-5-2-3-6-11(10)12(13,14)15/h2-3,5-6,9,16-17H,4,7-8H2,1H3. The quantitative estimate of drug-likeness (QED) is 0.784. The Morgan fingerprint density at radius 2 is 1.94 bits per heavy atom. The molecular formula is C12H16F3NO. The van der Waals surface area contributed by atoms with Crippen LogP contribution in [0.4, 0.5) is 13.2 Å². The van der Waals surface area contributed by atoms with Gasteiger partial charge in [-0.2, -0.15) is 13.2 Å². The van der Waals surface area contributed by atoms with Crippen molar-refractivity contribution in [1.82, 2.24) is 5.32 Å². The number of rotatable bonds is 5. The normalized spacial score (nSPS) is 13.7. The van der Waals surface area contributed by atoms with Gasteiger partial charge in [0.25, 0.3) is 0 Å². The van der Waals surface area contributed by atoms with E-state index in [9.17, 15) is 13.2 Å². The summed E-state index contributed by atoms with van der Waals surface area (Å²) in [7, 11) is 0. The fraction of sp³-hybridized carbons (Fsp3) is 0.500. The summed E-state index contributed by atoms with van der Waals surface area (Å²) in [6.45, 7) is 2.20. The Morgan fingerprint density at radius 1 is 1.29 bits per heavy atom. The molecule has 0 saturated heterocycles. The first-order valence-corrected chi connectivity index (χ1v) is 5.47. The lowest BCUT2D eigenvalue weighted by Gasteiger charge is -2.19. The van der Waals surface area contributed by atoms with Crippen molar-refractivity contribution in [3.8, 4) is 0 Å². The van der Waals surface area contributed by atoms with Gasteiger partial charge >= 0.3 is 6.18 Å². The summed E-state index contributed by atoms with van der Waals surface area (Å²) in [6, 6.07) is 5.14. The molecule has 17 heavy (non-hydrogen) atoms. The molecule has 96 valence electrons. The molecule has 1 rings (SSSR count). The first-order chi connectivity index (χ1) is 7.96. The summed E-state index contributed by atoms with van der Waals surface area (Å²) < 4.78 is 38.2. The zero-order valence-corrected chi connectivity index (χ0v) is 9.59. The van der Waals surface area contributed by atoms with E-state index in [-0.39, 0.29) is 18.2 Å². The summed E-state index contributed by atoms with van der Waals surface area (Å²) in [5, 5.41) is 11.6. The van der Waals surface area contributed by atoms with Crippen LogP contribution in [0.15, 0.2) is 24.3 Å². The third kappa shape index (κ3) is 4.02. The van der Waals surface area contributed by atoms with E-state index in [4.69, 9.17) is 5.11 Å². The maximum absolute atomic E-state index is 12.7. The van der Waals surface area contributed by atoms with E-state index in [2.05, 4.69) is 5.32 Å². The molecule has 1 aromatic rings. The molecule has 0 aliphatic rings. The van der Waals surface area contributed by atoms with Crippen LogP contribution in [0, 0.1) is 0 Å². The lowest BCUT2D eigenvalue weighted by atomic mass is 10.0. The molecule has 0 fully saturated rings.